The Labute approximate surface area is 178 Å². The van der Waals surface area contributed by atoms with Crippen LogP contribution in [0, 0.1) is 12.8 Å². The molecule has 164 valence electrons. The first-order valence-corrected chi connectivity index (χ1v) is 12.8. The van der Waals surface area contributed by atoms with Crippen LogP contribution in [0.1, 0.15) is 37.4 Å². The van der Waals surface area contributed by atoms with Gasteiger partial charge in [-0.2, -0.15) is 17.0 Å². The van der Waals surface area contributed by atoms with E-state index in [1.54, 1.807) is 11.3 Å². The van der Waals surface area contributed by atoms with E-state index >= 15 is 0 Å². The molecule has 0 aliphatic carbocycles. The Morgan fingerprint density at radius 1 is 1.14 bits per heavy atom. The van der Waals surface area contributed by atoms with Gasteiger partial charge in [0, 0.05) is 57.1 Å². The van der Waals surface area contributed by atoms with Crippen molar-refractivity contribution in [3.63, 3.8) is 0 Å². The Hall–Kier alpha value is -1.07. The fourth-order valence-corrected chi connectivity index (χ4v) is 6.37. The average Bonchev–Trinajstić information content (AvgIpc) is 3.13. The van der Waals surface area contributed by atoms with Crippen LogP contribution in [0.25, 0.3) is 0 Å². The quantitative estimate of drug-likeness (QED) is 0.637. The van der Waals surface area contributed by atoms with E-state index in [9.17, 15) is 13.2 Å². The third-order valence-electron chi connectivity index (χ3n) is 5.90. The molecule has 2 aliphatic rings. The molecule has 0 N–H and O–H groups in total. The average molecular weight is 444 g/mol. The predicted molar refractivity (Wildman–Crippen MR) is 115 cm³/mol. The van der Waals surface area contributed by atoms with Crippen molar-refractivity contribution in [2.45, 2.75) is 40.2 Å². The van der Waals surface area contributed by atoms with Crippen LogP contribution in [0.15, 0.2) is 5.38 Å². The summed E-state index contributed by atoms with van der Waals surface area (Å²) in [6.45, 7) is 11.1. The van der Waals surface area contributed by atoms with Crippen LogP contribution < -0.4 is 0 Å². The van der Waals surface area contributed by atoms with Gasteiger partial charge in [-0.05, 0) is 32.9 Å². The highest BCUT2D eigenvalue weighted by Crippen LogP contribution is 2.23. The molecule has 0 bridgehead atoms. The number of piperazine rings is 1. The van der Waals surface area contributed by atoms with Gasteiger partial charge < -0.3 is 4.90 Å². The van der Waals surface area contributed by atoms with Crippen molar-refractivity contribution in [1.29, 1.82) is 0 Å². The Kier molecular flexibility index (Phi) is 7.66. The fourth-order valence-electron chi connectivity index (χ4n) is 4.16. The summed E-state index contributed by atoms with van der Waals surface area (Å²) in [6, 6.07) is 0. The number of rotatable bonds is 7. The minimum absolute atomic E-state index is 0.0503. The maximum atomic E-state index is 12.9. The van der Waals surface area contributed by atoms with Gasteiger partial charge in [0.1, 0.15) is 0 Å². The first-order valence-electron chi connectivity index (χ1n) is 10.5. The largest absolute Gasteiger partial charge is 0.340 e. The van der Waals surface area contributed by atoms with Gasteiger partial charge in [-0.3, -0.25) is 9.69 Å². The van der Waals surface area contributed by atoms with Crippen molar-refractivity contribution in [3.05, 3.63) is 16.1 Å². The number of amides is 1. The first-order chi connectivity index (χ1) is 13.8. The summed E-state index contributed by atoms with van der Waals surface area (Å²) < 4.78 is 28.3. The molecule has 1 aromatic rings. The molecule has 3 rings (SSSR count). The molecule has 0 saturated carbocycles. The zero-order valence-electron chi connectivity index (χ0n) is 17.7. The zero-order valence-corrected chi connectivity index (χ0v) is 19.3. The molecule has 2 aliphatic heterocycles. The molecule has 0 spiro atoms. The second kappa shape index (κ2) is 9.82. The number of carbonyl (C=O) groups excluding carboxylic acids is 1. The lowest BCUT2D eigenvalue weighted by Gasteiger charge is -2.39. The molecule has 8 nitrogen and oxygen atoms in total. The standard InChI is InChI=1S/C19H33N5O3S2/c1-4-23(5-2)29(26,27)24-12-10-22(11-13-24)19(25)17-6-8-21(9-7-17)14-18-15-28-16(3)20-18/h15,17H,4-14H2,1-3H3. The lowest BCUT2D eigenvalue weighted by molar-refractivity contribution is -0.138. The minimum Gasteiger partial charge on any atom is -0.340 e. The van der Waals surface area contributed by atoms with E-state index in [0.29, 0.717) is 39.3 Å². The van der Waals surface area contributed by atoms with E-state index in [1.165, 1.54) is 8.61 Å². The van der Waals surface area contributed by atoms with Crippen LogP contribution in [0.5, 0.6) is 0 Å². The van der Waals surface area contributed by atoms with E-state index in [1.807, 2.05) is 25.7 Å². The molecule has 3 heterocycles. The number of carbonyl (C=O) groups is 1. The van der Waals surface area contributed by atoms with Gasteiger partial charge in [0.25, 0.3) is 10.2 Å². The van der Waals surface area contributed by atoms with Gasteiger partial charge in [0.15, 0.2) is 0 Å². The highest BCUT2D eigenvalue weighted by atomic mass is 32.2. The Balaban J connectivity index is 1.46. The van der Waals surface area contributed by atoms with Crippen molar-refractivity contribution < 1.29 is 13.2 Å². The molecule has 1 amide bonds. The summed E-state index contributed by atoms with van der Waals surface area (Å²) >= 11 is 1.68. The molecule has 2 saturated heterocycles. The lowest BCUT2D eigenvalue weighted by atomic mass is 9.95. The molecule has 0 unspecified atom stereocenters. The van der Waals surface area contributed by atoms with Crippen molar-refractivity contribution in [2.75, 3.05) is 52.4 Å². The number of aromatic nitrogens is 1. The number of hydrogen-bond acceptors (Lipinski definition) is 6. The summed E-state index contributed by atoms with van der Waals surface area (Å²) in [5.41, 5.74) is 1.11. The smallest absolute Gasteiger partial charge is 0.282 e. The van der Waals surface area contributed by atoms with Gasteiger partial charge in [-0.25, -0.2) is 4.98 Å². The maximum absolute atomic E-state index is 12.9. The molecule has 0 radical (unpaired) electrons. The summed E-state index contributed by atoms with van der Waals surface area (Å²) in [5.74, 6) is 0.239. The fraction of sp³-hybridized carbons (Fsp3) is 0.789. The molecular formula is C19H33N5O3S2. The van der Waals surface area contributed by atoms with E-state index in [0.717, 1.165) is 43.2 Å². The molecular weight excluding hydrogens is 410 g/mol. The predicted octanol–water partition coefficient (Wildman–Crippen LogP) is 1.39. The Bertz CT molecular complexity index is 778. The number of thiazole rings is 1. The molecule has 0 aromatic carbocycles. The highest BCUT2D eigenvalue weighted by molar-refractivity contribution is 7.86. The molecule has 29 heavy (non-hydrogen) atoms. The molecule has 0 atom stereocenters. The van der Waals surface area contributed by atoms with Crippen LogP contribution in [-0.4, -0.2) is 90.1 Å². The molecule has 2 fully saturated rings. The van der Waals surface area contributed by atoms with Crippen LogP contribution in [0.3, 0.4) is 0 Å². The highest BCUT2D eigenvalue weighted by Gasteiger charge is 2.34. The van der Waals surface area contributed by atoms with Gasteiger partial charge >= 0.3 is 0 Å². The summed E-state index contributed by atoms with van der Waals surface area (Å²) in [7, 11) is -3.42. The number of likely N-dealkylation sites (tertiary alicyclic amines) is 1. The third kappa shape index (κ3) is 5.35. The maximum Gasteiger partial charge on any atom is 0.282 e. The van der Waals surface area contributed by atoms with Crippen molar-refractivity contribution in [1.82, 2.24) is 23.4 Å². The summed E-state index contributed by atoms with van der Waals surface area (Å²) in [5, 5.41) is 3.20. The molecule has 10 heteroatoms. The summed E-state index contributed by atoms with van der Waals surface area (Å²) in [4.78, 5) is 21.7. The summed E-state index contributed by atoms with van der Waals surface area (Å²) in [6.07, 6.45) is 1.72. The SMILES string of the molecule is CCN(CC)S(=O)(=O)N1CCN(C(=O)C2CCN(Cc3csc(C)n3)CC2)CC1. The zero-order chi connectivity index (χ0) is 21.0. The van der Waals surface area contributed by atoms with Crippen LogP contribution in [0.2, 0.25) is 0 Å². The van der Waals surface area contributed by atoms with E-state index in [2.05, 4.69) is 15.3 Å². The molecule has 1 aromatic heterocycles. The van der Waals surface area contributed by atoms with Crippen LogP contribution in [0.4, 0.5) is 0 Å². The van der Waals surface area contributed by atoms with Crippen molar-refractivity contribution in [3.8, 4) is 0 Å². The van der Waals surface area contributed by atoms with Crippen molar-refractivity contribution >= 4 is 27.5 Å². The second-order valence-electron chi connectivity index (χ2n) is 7.72. The van der Waals surface area contributed by atoms with Crippen LogP contribution in [-0.2, 0) is 21.5 Å². The third-order valence-corrected chi connectivity index (χ3v) is 8.91. The number of piperidine rings is 1. The van der Waals surface area contributed by atoms with Gasteiger partial charge in [-0.1, -0.05) is 13.8 Å². The van der Waals surface area contributed by atoms with E-state index < -0.39 is 10.2 Å². The number of nitrogens with zero attached hydrogens (tertiary/aromatic N) is 5. The minimum atomic E-state index is -3.42. The van der Waals surface area contributed by atoms with E-state index in [4.69, 9.17) is 0 Å². The van der Waals surface area contributed by atoms with Crippen LogP contribution >= 0.6 is 11.3 Å². The Morgan fingerprint density at radius 3 is 2.28 bits per heavy atom. The monoisotopic (exact) mass is 443 g/mol. The number of hydrogen-bond donors (Lipinski definition) is 0. The lowest BCUT2D eigenvalue weighted by Crippen LogP contribution is -2.55. The van der Waals surface area contributed by atoms with Gasteiger partial charge in [0.2, 0.25) is 5.91 Å². The normalized spacial score (nSPS) is 20.5. The first kappa shape index (κ1) is 22.6. The topological polar surface area (TPSA) is 77.1 Å². The van der Waals surface area contributed by atoms with Crippen molar-refractivity contribution in [2.24, 2.45) is 5.92 Å². The number of aryl methyl sites for hydroxylation is 1. The van der Waals surface area contributed by atoms with Gasteiger partial charge in [0.05, 0.1) is 10.7 Å². The Morgan fingerprint density at radius 2 is 1.76 bits per heavy atom. The van der Waals surface area contributed by atoms with Gasteiger partial charge in [-0.15, -0.1) is 11.3 Å². The van der Waals surface area contributed by atoms with E-state index in [-0.39, 0.29) is 11.8 Å². The second-order valence-corrected chi connectivity index (χ2v) is 10.7.